The molecule has 1 N–H and O–H groups in total. The average molecular weight is 568 g/mol. The minimum atomic E-state index is -4.88. The first kappa shape index (κ1) is 27.3. The Morgan fingerprint density at radius 2 is 1.73 bits per heavy atom. The summed E-state index contributed by atoms with van der Waals surface area (Å²) in [6.07, 6.45) is -8.76. The molecule has 37 heavy (non-hydrogen) atoms. The summed E-state index contributed by atoms with van der Waals surface area (Å²) in [6, 6.07) is 10.5. The molecule has 1 aliphatic carbocycles. The van der Waals surface area contributed by atoms with Crippen LogP contribution in [0.15, 0.2) is 48.5 Å². The molecule has 1 fully saturated rings. The molecular formula is C23H20ClF6N3O3S. The predicted octanol–water partition coefficient (Wildman–Crippen LogP) is 6.51. The van der Waals surface area contributed by atoms with Crippen molar-refractivity contribution in [1.82, 2.24) is 14.5 Å². The number of aromatic nitrogens is 2. The molecule has 0 unspecified atom stereocenters. The Balaban J connectivity index is 1.62. The highest BCUT2D eigenvalue weighted by molar-refractivity contribution is 7.89. The van der Waals surface area contributed by atoms with Crippen molar-refractivity contribution < 1.29 is 39.5 Å². The van der Waals surface area contributed by atoms with Crippen LogP contribution in [0.3, 0.4) is 0 Å². The Labute approximate surface area is 213 Å². The van der Waals surface area contributed by atoms with Gasteiger partial charge in [0.25, 0.3) is 0 Å². The Morgan fingerprint density at radius 1 is 1.08 bits per heavy atom. The van der Waals surface area contributed by atoms with Gasteiger partial charge in [0.05, 0.1) is 11.1 Å². The lowest BCUT2D eigenvalue weighted by Gasteiger charge is -2.19. The van der Waals surface area contributed by atoms with E-state index in [9.17, 15) is 34.8 Å². The van der Waals surface area contributed by atoms with Crippen molar-refractivity contribution in [1.29, 1.82) is 0 Å². The molecule has 0 amide bonds. The van der Waals surface area contributed by atoms with Crippen LogP contribution in [0.2, 0.25) is 5.02 Å². The second-order valence-corrected chi connectivity index (χ2v) is 10.6. The van der Waals surface area contributed by atoms with Crippen molar-refractivity contribution in [2.75, 3.05) is 5.75 Å². The van der Waals surface area contributed by atoms with Gasteiger partial charge in [-0.3, -0.25) is 0 Å². The predicted molar refractivity (Wildman–Crippen MR) is 124 cm³/mol. The van der Waals surface area contributed by atoms with Crippen LogP contribution in [-0.2, 0) is 28.3 Å². The van der Waals surface area contributed by atoms with Gasteiger partial charge >= 0.3 is 12.4 Å². The van der Waals surface area contributed by atoms with Gasteiger partial charge in [-0.05, 0) is 55.7 Å². The fourth-order valence-electron chi connectivity index (χ4n) is 3.83. The zero-order valence-corrected chi connectivity index (χ0v) is 20.7. The Bertz CT molecular complexity index is 1400. The third-order valence-electron chi connectivity index (χ3n) is 5.69. The summed E-state index contributed by atoms with van der Waals surface area (Å²) < 4.78 is 110. The van der Waals surface area contributed by atoms with E-state index >= 15 is 0 Å². The summed E-state index contributed by atoms with van der Waals surface area (Å²) in [7, 11) is -4.63. The summed E-state index contributed by atoms with van der Waals surface area (Å²) in [5, 5.41) is 4.47. The van der Waals surface area contributed by atoms with Crippen LogP contribution < -0.4 is 9.46 Å². The molecule has 0 saturated heterocycles. The molecule has 2 aromatic carbocycles. The molecule has 1 aliphatic rings. The normalized spacial score (nSPS) is 15.6. The number of alkyl halides is 6. The van der Waals surface area contributed by atoms with Crippen LogP contribution in [0.4, 0.5) is 26.3 Å². The number of rotatable bonds is 8. The monoisotopic (exact) mass is 567 g/mol. The number of sulfonamides is 1. The fraction of sp³-hybridized carbons (Fsp3) is 0.348. The highest BCUT2D eigenvalue weighted by Gasteiger charge is 2.49. The van der Waals surface area contributed by atoms with Gasteiger partial charge in [-0.15, -0.1) is 0 Å². The molecule has 1 saturated carbocycles. The van der Waals surface area contributed by atoms with Crippen molar-refractivity contribution in [3.8, 4) is 22.9 Å². The Kier molecular flexibility index (Phi) is 7.01. The van der Waals surface area contributed by atoms with Crippen molar-refractivity contribution in [3.05, 3.63) is 64.7 Å². The number of benzene rings is 2. The number of aryl methyl sites for hydroxylation is 1. The molecule has 4 rings (SSSR count). The molecule has 14 heteroatoms. The highest BCUT2D eigenvalue weighted by atomic mass is 35.5. The van der Waals surface area contributed by atoms with Gasteiger partial charge in [-0.1, -0.05) is 29.8 Å². The lowest BCUT2D eigenvalue weighted by molar-refractivity contribution is -0.137. The second-order valence-electron chi connectivity index (χ2n) is 8.55. The molecule has 200 valence electrons. The molecule has 3 aromatic rings. The quantitative estimate of drug-likeness (QED) is 0.315. The minimum Gasteiger partial charge on any atom is -0.438 e. The highest BCUT2D eigenvalue weighted by Crippen LogP contribution is 2.48. The van der Waals surface area contributed by atoms with Gasteiger partial charge < -0.3 is 4.74 Å². The van der Waals surface area contributed by atoms with Gasteiger partial charge in [0, 0.05) is 12.1 Å². The van der Waals surface area contributed by atoms with Gasteiger partial charge in [0.2, 0.25) is 15.9 Å². The molecule has 0 radical (unpaired) electrons. The smallest absolute Gasteiger partial charge is 0.416 e. The summed E-state index contributed by atoms with van der Waals surface area (Å²) in [5.41, 5.74) is -0.857. The van der Waals surface area contributed by atoms with Crippen LogP contribution in [-0.4, -0.2) is 30.1 Å². The lowest BCUT2D eigenvalue weighted by Crippen LogP contribution is -2.40. The first-order valence-corrected chi connectivity index (χ1v) is 13.0. The molecule has 0 spiro atoms. The zero-order chi connectivity index (χ0) is 27.2. The maximum absolute atomic E-state index is 12.8. The van der Waals surface area contributed by atoms with E-state index in [0.717, 1.165) is 24.3 Å². The van der Waals surface area contributed by atoms with E-state index in [1.807, 2.05) is 0 Å². The van der Waals surface area contributed by atoms with Crippen LogP contribution >= 0.6 is 11.6 Å². The summed E-state index contributed by atoms with van der Waals surface area (Å²) in [4.78, 5) is 0. The third kappa shape index (κ3) is 6.21. The van der Waals surface area contributed by atoms with Crippen LogP contribution in [0.1, 0.15) is 30.9 Å². The van der Waals surface area contributed by atoms with Crippen LogP contribution in [0, 0.1) is 0 Å². The number of hydrogen-bond acceptors (Lipinski definition) is 4. The molecule has 6 nitrogen and oxygen atoms in total. The standard InChI is InChI=1S/C23H20ClF6N3O3S/c1-2-33-20(36-17-8-6-15(7-9-17)23(28,29)30)18(24)19(31-33)14-4-3-5-16(12-14)21(10-11-21)32-37(34,35)13-22(25,26)27/h3-9,12,32H,2,10-11,13H2,1H3. The van der Waals surface area contributed by atoms with E-state index in [2.05, 4.69) is 9.82 Å². The molecule has 0 atom stereocenters. The largest absolute Gasteiger partial charge is 0.438 e. The maximum atomic E-state index is 12.8. The van der Waals surface area contributed by atoms with Gasteiger partial charge in [-0.2, -0.15) is 31.4 Å². The fourth-order valence-corrected chi connectivity index (χ4v) is 5.54. The molecule has 1 heterocycles. The number of nitrogens with one attached hydrogen (secondary N) is 1. The molecule has 1 aromatic heterocycles. The summed E-state index contributed by atoms with van der Waals surface area (Å²) in [5.74, 6) is -1.81. The van der Waals surface area contributed by atoms with Crippen molar-refractivity contribution in [3.63, 3.8) is 0 Å². The van der Waals surface area contributed by atoms with Gasteiger partial charge in [0.1, 0.15) is 16.5 Å². The third-order valence-corrected chi connectivity index (χ3v) is 7.44. The zero-order valence-electron chi connectivity index (χ0n) is 19.1. The van der Waals surface area contributed by atoms with Gasteiger partial charge in [0.15, 0.2) is 5.75 Å². The average Bonchev–Trinajstić information content (AvgIpc) is 3.49. The number of halogens is 7. The SMILES string of the molecule is CCn1nc(-c2cccc(C3(NS(=O)(=O)CC(F)(F)F)CC3)c2)c(Cl)c1Oc1ccc(C(F)(F)F)cc1. The lowest BCUT2D eigenvalue weighted by atomic mass is 10.0. The topological polar surface area (TPSA) is 73.2 Å². The summed E-state index contributed by atoms with van der Waals surface area (Å²) >= 11 is 6.53. The molecular weight excluding hydrogens is 548 g/mol. The van der Waals surface area contributed by atoms with Crippen LogP contribution in [0.5, 0.6) is 11.6 Å². The van der Waals surface area contributed by atoms with E-state index in [1.54, 1.807) is 31.2 Å². The Morgan fingerprint density at radius 3 is 2.27 bits per heavy atom. The number of hydrogen-bond donors (Lipinski definition) is 1. The van der Waals surface area contributed by atoms with E-state index in [-0.39, 0.29) is 22.3 Å². The minimum absolute atomic E-state index is 0.0568. The second kappa shape index (κ2) is 9.52. The molecule has 0 aliphatic heterocycles. The molecule has 0 bridgehead atoms. The number of nitrogens with zero attached hydrogens (tertiary/aromatic N) is 2. The van der Waals surface area contributed by atoms with Crippen LogP contribution in [0.25, 0.3) is 11.3 Å². The van der Waals surface area contributed by atoms with Crippen molar-refractivity contribution in [2.24, 2.45) is 0 Å². The Hall–Kier alpha value is -2.77. The maximum Gasteiger partial charge on any atom is 0.416 e. The van der Waals surface area contributed by atoms with Crippen molar-refractivity contribution >= 4 is 21.6 Å². The van der Waals surface area contributed by atoms with E-state index in [1.165, 1.54) is 4.68 Å². The van der Waals surface area contributed by atoms with Crippen molar-refractivity contribution in [2.45, 2.75) is 44.2 Å². The van der Waals surface area contributed by atoms with E-state index in [4.69, 9.17) is 16.3 Å². The summed E-state index contributed by atoms with van der Waals surface area (Å²) in [6.45, 7) is 2.05. The number of ether oxygens (including phenoxy) is 1. The van der Waals surface area contributed by atoms with E-state index < -0.39 is 39.2 Å². The van der Waals surface area contributed by atoms with E-state index in [0.29, 0.717) is 30.5 Å². The first-order chi connectivity index (χ1) is 17.1. The first-order valence-electron chi connectivity index (χ1n) is 10.9. The van der Waals surface area contributed by atoms with Gasteiger partial charge in [-0.25, -0.2) is 17.8 Å².